The number of ketones is 1. The number of aromatic nitrogens is 1. The van der Waals surface area contributed by atoms with Crippen molar-refractivity contribution < 1.29 is 14.6 Å². The highest BCUT2D eigenvalue weighted by atomic mass is 35.5. The molecule has 0 radical (unpaired) electrons. The van der Waals surface area contributed by atoms with E-state index in [4.69, 9.17) is 16.3 Å². The predicted octanol–water partition coefficient (Wildman–Crippen LogP) is 3.68. The van der Waals surface area contributed by atoms with Crippen molar-refractivity contribution in [2.75, 3.05) is 7.11 Å². The van der Waals surface area contributed by atoms with Crippen molar-refractivity contribution in [3.05, 3.63) is 91.7 Å². The highest BCUT2D eigenvalue weighted by Crippen LogP contribution is 2.28. The summed E-state index contributed by atoms with van der Waals surface area (Å²) in [5, 5.41) is 20.5. The molecule has 0 unspecified atom stereocenters. The van der Waals surface area contributed by atoms with Crippen molar-refractivity contribution in [3.8, 4) is 17.7 Å². The fourth-order valence-corrected chi connectivity index (χ4v) is 3.28. The lowest BCUT2D eigenvalue weighted by Crippen LogP contribution is -2.27. The SMILES string of the molecule is COc1ccc(Cn2c(O)c(C(=O)c3ccccc3Cl)c(C)c(C#N)c2=O)cc1. The average Bonchev–Trinajstić information content (AvgIpc) is 2.72. The standard InChI is InChI=1S/C22H17ClN2O4/c1-13-17(11-24)21(27)25(12-14-7-9-15(29-2)10-8-14)22(28)19(13)20(26)16-5-3-4-6-18(16)23/h3-10,28H,12H2,1-2H3. The van der Waals surface area contributed by atoms with E-state index in [0.717, 1.165) is 4.57 Å². The topological polar surface area (TPSA) is 92.3 Å². The van der Waals surface area contributed by atoms with Crippen LogP contribution in [0.15, 0.2) is 53.3 Å². The van der Waals surface area contributed by atoms with Gasteiger partial charge in [0, 0.05) is 5.56 Å². The number of halogens is 1. The zero-order valence-corrected chi connectivity index (χ0v) is 16.5. The van der Waals surface area contributed by atoms with Gasteiger partial charge in [-0.05, 0) is 42.3 Å². The molecular formula is C22H17ClN2O4. The molecule has 0 atom stereocenters. The molecule has 0 spiro atoms. The summed E-state index contributed by atoms with van der Waals surface area (Å²) in [5.41, 5.74) is -0.0207. The van der Waals surface area contributed by atoms with Crippen LogP contribution < -0.4 is 10.3 Å². The van der Waals surface area contributed by atoms with Gasteiger partial charge in [0.2, 0.25) is 5.88 Å². The Morgan fingerprint density at radius 3 is 2.45 bits per heavy atom. The number of carbonyl (C=O) groups is 1. The van der Waals surface area contributed by atoms with E-state index in [9.17, 15) is 20.0 Å². The molecule has 3 aromatic rings. The number of nitriles is 1. The summed E-state index contributed by atoms with van der Waals surface area (Å²) >= 11 is 6.13. The Hall–Kier alpha value is -3.56. The van der Waals surface area contributed by atoms with Crippen LogP contribution in [0, 0.1) is 18.3 Å². The Morgan fingerprint density at radius 1 is 1.21 bits per heavy atom. The second kappa shape index (κ2) is 8.21. The molecule has 0 aliphatic heterocycles. The first-order chi connectivity index (χ1) is 13.9. The zero-order chi connectivity index (χ0) is 21.1. The van der Waals surface area contributed by atoms with Crippen molar-refractivity contribution >= 4 is 17.4 Å². The highest BCUT2D eigenvalue weighted by Gasteiger charge is 2.26. The Bertz CT molecular complexity index is 1190. The van der Waals surface area contributed by atoms with Gasteiger partial charge in [0.25, 0.3) is 5.56 Å². The smallest absolute Gasteiger partial charge is 0.271 e. The van der Waals surface area contributed by atoms with Gasteiger partial charge in [-0.3, -0.25) is 14.2 Å². The van der Waals surface area contributed by atoms with E-state index < -0.39 is 17.2 Å². The van der Waals surface area contributed by atoms with Crippen LogP contribution in [0.1, 0.15) is 32.6 Å². The number of methoxy groups -OCH3 is 1. The average molecular weight is 409 g/mol. The molecule has 0 amide bonds. The first-order valence-electron chi connectivity index (χ1n) is 8.67. The molecule has 7 heteroatoms. The third kappa shape index (κ3) is 3.73. The van der Waals surface area contributed by atoms with Crippen LogP contribution in [0.3, 0.4) is 0 Å². The molecule has 2 aromatic carbocycles. The summed E-state index contributed by atoms with van der Waals surface area (Å²) in [6, 6.07) is 15.1. The number of pyridine rings is 1. The normalized spacial score (nSPS) is 10.4. The van der Waals surface area contributed by atoms with E-state index >= 15 is 0 Å². The fraction of sp³-hybridized carbons (Fsp3) is 0.136. The molecule has 0 aliphatic rings. The molecule has 6 nitrogen and oxygen atoms in total. The van der Waals surface area contributed by atoms with Gasteiger partial charge in [-0.2, -0.15) is 5.26 Å². The van der Waals surface area contributed by atoms with Crippen LogP contribution in [0.2, 0.25) is 5.02 Å². The van der Waals surface area contributed by atoms with Gasteiger partial charge in [-0.25, -0.2) is 0 Å². The lowest BCUT2D eigenvalue weighted by atomic mass is 9.97. The monoisotopic (exact) mass is 408 g/mol. The van der Waals surface area contributed by atoms with Crippen LogP contribution in [0.5, 0.6) is 11.6 Å². The number of aromatic hydroxyl groups is 1. The van der Waals surface area contributed by atoms with E-state index in [-0.39, 0.29) is 33.8 Å². The number of hydrogen-bond donors (Lipinski definition) is 1. The van der Waals surface area contributed by atoms with Crippen molar-refractivity contribution in [3.63, 3.8) is 0 Å². The van der Waals surface area contributed by atoms with E-state index in [1.54, 1.807) is 42.5 Å². The Morgan fingerprint density at radius 2 is 1.86 bits per heavy atom. The maximum absolute atomic E-state index is 13.1. The van der Waals surface area contributed by atoms with Crippen molar-refractivity contribution in [1.82, 2.24) is 4.57 Å². The first-order valence-corrected chi connectivity index (χ1v) is 9.05. The number of nitrogens with zero attached hydrogens (tertiary/aromatic N) is 2. The number of hydrogen-bond acceptors (Lipinski definition) is 5. The lowest BCUT2D eigenvalue weighted by molar-refractivity contribution is 0.103. The molecule has 0 bridgehead atoms. The number of benzene rings is 2. The zero-order valence-electron chi connectivity index (χ0n) is 15.8. The third-order valence-electron chi connectivity index (χ3n) is 4.65. The van der Waals surface area contributed by atoms with E-state index in [1.807, 2.05) is 6.07 Å². The van der Waals surface area contributed by atoms with Crippen LogP contribution in [-0.4, -0.2) is 22.6 Å². The van der Waals surface area contributed by atoms with Crippen molar-refractivity contribution in [2.24, 2.45) is 0 Å². The maximum Gasteiger partial charge on any atom is 0.271 e. The molecular weight excluding hydrogens is 392 g/mol. The molecule has 29 heavy (non-hydrogen) atoms. The quantitative estimate of drug-likeness (QED) is 0.650. The summed E-state index contributed by atoms with van der Waals surface area (Å²) in [7, 11) is 1.54. The maximum atomic E-state index is 13.1. The molecule has 1 N–H and O–H groups in total. The minimum absolute atomic E-state index is 0.0214. The van der Waals surface area contributed by atoms with Crippen LogP contribution in [0.25, 0.3) is 0 Å². The summed E-state index contributed by atoms with van der Waals surface area (Å²) in [6.07, 6.45) is 0. The number of carbonyl (C=O) groups excluding carboxylic acids is 1. The molecule has 0 fully saturated rings. The second-order valence-electron chi connectivity index (χ2n) is 6.36. The summed E-state index contributed by atoms with van der Waals surface area (Å²) in [4.78, 5) is 25.9. The summed E-state index contributed by atoms with van der Waals surface area (Å²) < 4.78 is 6.12. The number of ether oxygens (including phenoxy) is 1. The van der Waals surface area contributed by atoms with E-state index in [0.29, 0.717) is 11.3 Å². The molecule has 0 saturated heterocycles. The van der Waals surface area contributed by atoms with Gasteiger partial charge in [-0.1, -0.05) is 35.9 Å². The van der Waals surface area contributed by atoms with Gasteiger partial charge in [-0.15, -0.1) is 0 Å². The Kier molecular flexibility index (Phi) is 5.71. The van der Waals surface area contributed by atoms with Crippen LogP contribution in [-0.2, 0) is 6.54 Å². The van der Waals surface area contributed by atoms with Gasteiger partial charge in [0.1, 0.15) is 17.4 Å². The van der Waals surface area contributed by atoms with Crippen molar-refractivity contribution in [1.29, 1.82) is 5.26 Å². The largest absolute Gasteiger partial charge is 0.497 e. The molecule has 0 saturated carbocycles. The third-order valence-corrected chi connectivity index (χ3v) is 4.97. The Balaban J connectivity index is 2.18. The van der Waals surface area contributed by atoms with Gasteiger partial charge >= 0.3 is 0 Å². The Labute approximate surface area is 172 Å². The second-order valence-corrected chi connectivity index (χ2v) is 6.77. The van der Waals surface area contributed by atoms with Gasteiger partial charge in [0.15, 0.2) is 5.78 Å². The molecule has 3 rings (SSSR count). The summed E-state index contributed by atoms with van der Waals surface area (Å²) in [5.74, 6) is -0.431. The number of rotatable bonds is 5. The molecule has 0 aliphatic carbocycles. The summed E-state index contributed by atoms with van der Waals surface area (Å²) in [6.45, 7) is 1.44. The van der Waals surface area contributed by atoms with Gasteiger partial charge < -0.3 is 9.84 Å². The molecule has 1 aromatic heterocycles. The first kappa shape index (κ1) is 20.2. The molecule has 146 valence electrons. The highest BCUT2D eigenvalue weighted by molar-refractivity contribution is 6.35. The lowest BCUT2D eigenvalue weighted by Gasteiger charge is -2.16. The van der Waals surface area contributed by atoms with Crippen molar-refractivity contribution in [2.45, 2.75) is 13.5 Å². The molecule has 1 heterocycles. The van der Waals surface area contributed by atoms with E-state index in [2.05, 4.69) is 0 Å². The minimum atomic E-state index is -0.672. The van der Waals surface area contributed by atoms with Gasteiger partial charge in [0.05, 0.1) is 24.2 Å². The fourth-order valence-electron chi connectivity index (χ4n) is 3.06. The minimum Gasteiger partial charge on any atom is -0.497 e. The van der Waals surface area contributed by atoms with E-state index in [1.165, 1.54) is 20.1 Å². The predicted molar refractivity (Wildman–Crippen MR) is 109 cm³/mol. The van der Waals surface area contributed by atoms with Crippen LogP contribution >= 0.6 is 11.6 Å². The van der Waals surface area contributed by atoms with Crippen LogP contribution in [0.4, 0.5) is 0 Å².